The van der Waals surface area contributed by atoms with Gasteiger partial charge in [-0.3, -0.25) is 15.0 Å². The van der Waals surface area contributed by atoms with Crippen LogP contribution in [-0.2, 0) is 6.54 Å². The molecule has 1 atom stereocenters. The number of hydrogen-bond acceptors (Lipinski definition) is 4. The monoisotopic (exact) mass is 434 g/mol. The summed E-state index contributed by atoms with van der Waals surface area (Å²) < 4.78 is 13.8. The summed E-state index contributed by atoms with van der Waals surface area (Å²) in [6.45, 7) is 6.68. The first kappa shape index (κ1) is 20.9. The SMILES string of the molecule is C=C1C=Nc2ccc(-c3cccnc3-c3ccc(F)c(C)c3)cc2C1NCc1ccncc1. The van der Waals surface area contributed by atoms with Crippen LogP contribution < -0.4 is 5.32 Å². The molecule has 5 heteroatoms. The van der Waals surface area contributed by atoms with E-state index in [4.69, 9.17) is 0 Å². The first-order valence-corrected chi connectivity index (χ1v) is 10.8. The van der Waals surface area contributed by atoms with Crippen molar-refractivity contribution in [1.29, 1.82) is 0 Å². The molecule has 1 aliphatic rings. The van der Waals surface area contributed by atoms with Crippen LogP contribution in [0.15, 0.2) is 96.4 Å². The zero-order valence-corrected chi connectivity index (χ0v) is 18.3. The molecule has 0 fully saturated rings. The van der Waals surface area contributed by atoms with Gasteiger partial charge in [0, 0.05) is 42.5 Å². The summed E-state index contributed by atoms with van der Waals surface area (Å²) in [5.41, 5.74) is 8.37. The number of aryl methyl sites for hydroxylation is 1. The Kier molecular flexibility index (Phi) is 5.63. The van der Waals surface area contributed by atoms with Gasteiger partial charge in [0.25, 0.3) is 0 Å². The standard InChI is InChI=1S/C28H23FN4/c1-18-14-22(5-7-25(18)29)28-23(4-3-11-31-28)21-6-8-26-24(15-21)27(19(2)16-32-26)33-17-20-9-12-30-13-10-20/h3-16,27,33H,2,17H2,1H3. The average molecular weight is 435 g/mol. The van der Waals surface area contributed by atoms with Crippen molar-refractivity contribution in [2.24, 2.45) is 4.99 Å². The third kappa shape index (κ3) is 4.23. The number of halogens is 1. The van der Waals surface area contributed by atoms with E-state index < -0.39 is 0 Å². The summed E-state index contributed by atoms with van der Waals surface area (Å²) in [6.07, 6.45) is 7.17. The van der Waals surface area contributed by atoms with E-state index in [-0.39, 0.29) is 11.9 Å². The predicted octanol–water partition coefficient (Wildman–Crippen LogP) is 6.36. The molecule has 4 nitrogen and oxygen atoms in total. The Bertz CT molecular complexity index is 1360. The van der Waals surface area contributed by atoms with Crippen molar-refractivity contribution < 1.29 is 4.39 Å². The Morgan fingerprint density at radius 3 is 2.61 bits per heavy atom. The molecule has 33 heavy (non-hydrogen) atoms. The second-order valence-corrected chi connectivity index (χ2v) is 8.14. The van der Waals surface area contributed by atoms with Crippen LogP contribution in [0.25, 0.3) is 22.4 Å². The number of aliphatic imine (C=N–C) groups is 1. The van der Waals surface area contributed by atoms with Gasteiger partial charge in [-0.05, 0) is 83.3 Å². The highest BCUT2D eigenvalue weighted by Gasteiger charge is 2.22. The normalized spacial score (nSPS) is 14.8. The van der Waals surface area contributed by atoms with Gasteiger partial charge < -0.3 is 5.32 Å². The molecule has 1 aliphatic heterocycles. The van der Waals surface area contributed by atoms with E-state index in [2.05, 4.69) is 39.0 Å². The molecule has 0 radical (unpaired) electrons. The largest absolute Gasteiger partial charge is 0.302 e. The van der Waals surface area contributed by atoms with Crippen LogP contribution >= 0.6 is 0 Å². The third-order valence-corrected chi connectivity index (χ3v) is 5.89. The van der Waals surface area contributed by atoms with Crippen LogP contribution in [0.1, 0.15) is 22.7 Å². The average Bonchev–Trinajstić information content (AvgIpc) is 2.85. The number of hydrogen-bond donors (Lipinski definition) is 1. The smallest absolute Gasteiger partial charge is 0.126 e. The second-order valence-electron chi connectivity index (χ2n) is 8.14. The maximum Gasteiger partial charge on any atom is 0.126 e. The number of nitrogens with zero attached hydrogens (tertiary/aromatic N) is 3. The molecule has 5 rings (SSSR count). The van der Waals surface area contributed by atoms with Crippen LogP contribution in [0.2, 0.25) is 0 Å². The van der Waals surface area contributed by atoms with Gasteiger partial charge in [0.1, 0.15) is 5.82 Å². The molecule has 2 aromatic carbocycles. The van der Waals surface area contributed by atoms with Gasteiger partial charge in [0.2, 0.25) is 0 Å². The second kappa shape index (κ2) is 8.88. The van der Waals surface area contributed by atoms with E-state index in [9.17, 15) is 4.39 Å². The van der Waals surface area contributed by atoms with Gasteiger partial charge in [-0.15, -0.1) is 0 Å². The van der Waals surface area contributed by atoms with E-state index in [0.29, 0.717) is 12.1 Å². The number of nitrogens with one attached hydrogen (secondary N) is 1. The van der Waals surface area contributed by atoms with Crippen molar-refractivity contribution in [3.8, 4) is 22.4 Å². The van der Waals surface area contributed by atoms with Crippen LogP contribution in [-0.4, -0.2) is 16.2 Å². The van der Waals surface area contributed by atoms with E-state index in [1.807, 2.05) is 42.6 Å². The predicted molar refractivity (Wildman–Crippen MR) is 131 cm³/mol. The van der Waals surface area contributed by atoms with Gasteiger partial charge in [0.05, 0.1) is 17.4 Å². The zero-order chi connectivity index (χ0) is 22.8. The molecule has 4 aromatic rings. The lowest BCUT2D eigenvalue weighted by Gasteiger charge is -2.25. The number of benzene rings is 2. The van der Waals surface area contributed by atoms with Crippen molar-refractivity contribution >= 4 is 11.9 Å². The highest BCUT2D eigenvalue weighted by Crippen LogP contribution is 2.38. The molecular weight excluding hydrogens is 411 g/mol. The van der Waals surface area contributed by atoms with E-state index in [0.717, 1.165) is 44.8 Å². The van der Waals surface area contributed by atoms with Gasteiger partial charge in [0.15, 0.2) is 0 Å². The van der Waals surface area contributed by atoms with Crippen LogP contribution in [0.5, 0.6) is 0 Å². The van der Waals surface area contributed by atoms with Crippen molar-refractivity contribution in [2.45, 2.75) is 19.5 Å². The van der Waals surface area contributed by atoms with E-state index in [1.54, 1.807) is 31.6 Å². The fourth-order valence-electron chi connectivity index (χ4n) is 4.12. The van der Waals surface area contributed by atoms with E-state index >= 15 is 0 Å². The third-order valence-electron chi connectivity index (χ3n) is 5.89. The lowest BCUT2D eigenvalue weighted by Crippen LogP contribution is -2.24. The fraction of sp³-hybridized carbons (Fsp3) is 0.107. The number of aromatic nitrogens is 2. The molecular formula is C28H23FN4. The molecule has 1 unspecified atom stereocenters. The Morgan fingerprint density at radius 2 is 1.79 bits per heavy atom. The molecule has 3 heterocycles. The summed E-state index contributed by atoms with van der Waals surface area (Å²) in [5, 5.41) is 3.61. The Balaban J connectivity index is 1.53. The zero-order valence-electron chi connectivity index (χ0n) is 18.3. The summed E-state index contributed by atoms with van der Waals surface area (Å²) in [5.74, 6) is -0.218. The Hall–Kier alpha value is -3.96. The van der Waals surface area contributed by atoms with Crippen molar-refractivity contribution in [2.75, 3.05) is 0 Å². The van der Waals surface area contributed by atoms with Crippen molar-refractivity contribution in [3.05, 3.63) is 114 Å². The molecule has 0 amide bonds. The summed E-state index contributed by atoms with van der Waals surface area (Å²) in [7, 11) is 0. The Labute approximate surface area is 192 Å². The molecule has 0 bridgehead atoms. The van der Waals surface area contributed by atoms with Gasteiger partial charge in [-0.1, -0.05) is 18.7 Å². The van der Waals surface area contributed by atoms with Crippen LogP contribution in [0.3, 0.4) is 0 Å². The topological polar surface area (TPSA) is 50.2 Å². The number of fused-ring (bicyclic) bond motifs is 1. The highest BCUT2D eigenvalue weighted by molar-refractivity contribution is 5.88. The highest BCUT2D eigenvalue weighted by atomic mass is 19.1. The lowest BCUT2D eigenvalue weighted by molar-refractivity contribution is 0.609. The molecule has 0 saturated carbocycles. The molecule has 0 aliphatic carbocycles. The first-order valence-electron chi connectivity index (χ1n) is 10.8. The summed E-state index contributed by atoms with van der Waals surface area (Å²) in [6, 6.07) is 19.2. The minimum atomic E-state index is -0.218. The number of rotatable bonds is 5. The maximum absolute atomic E-state index is 13.8. The maximum atomic E-state index is 13.8. The van der Waals surface area contributed by atoms with Crippen LogP contribution in [0.4, 0.5) is 10.1 Å². The van der Waals surface area contributed by atoms with Gasteiger partial charge in [-0.25, -0.2) is 4.39 Å². The van der Waals surface area contributed by atoms with E-state index in [1.165, 1.54) is 6.07 Å². The fourth-order valence-corrected chi connectivity index (χ4v) is 4.12. The van der Waals surface area contributed by atoms with Crippen molar-refractivity contribution in [1.82, 2.24) is 15.3 Å². The summed E-state index contributed by atoms with van der Waals surface area (Å²) >= 11 is 0. The molecule has 1 N–H and O–H groups in total. The summed E-state index contributed by atoms with van der Waals surface area (Å²) in [4.78, 5) is 13.3. The Morgan fingerprint density at radius 1 is 0.970 bits per heavy atom. The lowest BCUT2D eigenvalue weighted by atomic mass is 9.91. The molecule has 0 saturated heterocycles. The molecule has 162 valence electrons. The van der Waals surface area contributed by atoms with Gasteiger partial charge in [-0.2, -0.15) is 0 Å². The minimum absolute atomic E-state index is 0.0567. The quantitative estimate of drug-likeness (QED) is 0.398. The first-order chi connectivity index (χ1) is 16.1. The molecule has 0 spiro atoms. The number of pyridine rings is 2. The van der Waals surface area contributed by atoms with Gasteiger partial charge >= 0.3 is 0 Å². The molecule has 2 aromatic heterocycles. The minimum Gasteiger partial charge on any atom is -0.302 e. The van der Waals surface area contributed by atoms with Crippen LogP contribution in [0, 0.1) is 12.7 Å². The van der Waals surface area contributed by atoms with Crippen molar-refractivity contribution in [3.63, 3.8) is 0 Å².